The minimum absolute atomic E-state index is 0.489. The Morgan fingerprint density at radius 1 is 1.20 bits per heavy atom. The summed E-state index contributed by atoms with van der Waals surface area (Å²) in [5.74, 6) is 1.45. The van der Waals surface area contributed by atoms with Crippen molar-refractivity contribution in [2.45, 2.75) is 40.3 Å². The van der Waals surface area contributed by atoms with Crippen LogP contribution in [0.1, 0.15) is 30.5 Å². The maximum Gasteiger partial charge on any atom is 0.191 e. The first-order valence-electron chi connectivity index (χ1n) is 9.33. The second kappa shape index (κ2) is 9.78. The van der Waals surface area contributed by atoms with E-state index in [1.165, 1.54) is 16.7 Å². The third kappa shape index (κ3) is 6.01. The second-order valence-electron chi connectivity index (χ2n) is 7.20. The van der Waals surface area contributed by atoms with E-state index < -0.39 is 0 Å². The molecule has 0 aromatic heterocycles. The van der Waals surface area contributed by atoms with E-state index >= 15 is 0 Å². The molecule has 1 aromatic rings. The molecule has 0 radical (unpaired) electrons. The number of aryl methyl sites for hydroxylation is 2. The smallest absolute Gasteiger partial charge is 0.191 e. The van der Waals surface area contributed by atoms with Gasteiger partial charge >= 0.3 is 0 Å². The highest BCUT2D eigenvalue weighted by molar-refractivity contribution is 5.79. The summed E-state index contributed by atoms with van der Waals surface area (Å²) in [5, 5.41) is 6.94. The Hall–Kier alpha value is -1.59. The Labute approximate surface area is 152 Å². The molecule has 2 rings (SSSR count). The van der Waals surface area contributed by atoms with Crippen LogP contribution in [0.2, 0.25) is 0 Å². The largest absolute Gasteiger partial charge is 0.379 e. The highest BCUT2D eigenvalue weighted by atomic mass is 16.5. The first-order chi connectivity index (χ1) is 12.0. The van der Waals surface area contributed by atoms with Crippen LogP contribution in [-0.2, 0) is 11.3 Å². The van der Waals surface area contributed by atoms with Crippen molar-refractivity contribution in [3.05, 3.63) is 34.9 Å². The maximum atomic E-state index is 5.49. The lowest BCUT2D eigenvalue weighted by Crippen LogP contribution is -2.52. The van der Waals surface area contributed by atoms with Gasteiger partial charge in [-0.05, 0) is 30.9 Å². The molecule has 140 valence electrons. The Morgan fingerprint density at radius 2 is 1.92 bits per heavy atom. The standard InChI is InChI=1S/C20H34N4O/c1-15(2)19(24-8-10-25-11-9-24)14-23-20(21-5)22-13-18-7-6-16(3)12-17(18)4/h6-7,12,15,19H,8-11,13-14H2,1-5H3,(H2,21,22,23). The first kappa shape index (κ1) is 19.7. The number of nitrogens with zero attached hydrogens (tertiary/aromatic N) is 2. The van der Waals surface area contributed by atoms with Gasteiger partial charge in [0.25, 0.3) is 0 Å². The van der Waals surface area contributed by atoms with Crippen LogP contribution >= 0.6 is 0 Å². The average molecular weight is 347 g/mol. The molecule has 5 nitrogen and oxygen atoms in total. The Bertz CT molecular complexity index is 565. The van der Waals surface area contributed by atoms with Crippen molar-refractivity contribution in [2.75, 3.05) is 39.9 Å². The minimum atomic E-state index is 0.489. The highest BCUT2D eigenvalue weighted by Crippen LogP contribution is 2.12. The molecule has 1 aliphatic heterocycles. The van der Waals surface area contributed by atoms with Crippen molar-refractivity contribution in [1.29, 1.82) is 0 Å². The first-order valence-corrected chi connectivity index (χ1v) is 9.33. The van der Waals surface area contributed by atoms with E-state index in [2.05, 4.69) is 66.4 Å². The fourth-order valence-electron chi connectivity index (χ4n) is 3.34. The van der Waals surface area contributed by atoms with Crippen LogP contribution in [0.5, 0.6) is 0 Å². The highest BCUT2D eigenvalue weighted by Gasteiger charge is 2.23. The molecule has 0 spiro atoms. The number of guanidine groups is 1. The van der Waals surface area contributed by atoms with Crippen molar-refractivity contribution in [3.63, 3.8) is 0 Å². The Kier molecular flexibility index (Phi) is 7.72. The molecule has 0 amide bonds. The zero-order valence-corrected chi connectivity index (χ0v) is 16.4. The molecular formula is C20H34N4O. The van der Waals surface area contributed by atoms with Crippen LogP contribution in [0.25, 0.3) is 0 Å². The predicted molar refractivity (Wildman–Crippen MR) is 105 cm³/mol. The van der Waals surface area contributed by atoms with Crippen molar-refractivity contribution < 1.29 is 4.74 Å². The molecule has 1 aliphatic rings. The normalized spacial score (nSPS) is 17.6. The number of benzene rings is 1. The lowest BCUT2D eigenvalue weighted by atomic mass is 10.0. The topological polar surface area (TPSA) is 48.9 Å². The van der Waals surface area contributed by atoms with Crippen LogP contribution in [0, 0.1) is 19.8 Å². The summed E-state index contributed by atoms with van der Waals surface area (Å²) in [6.45, 7) is 14.2. The second-order valence-corrected chi connectivity index (χ2v) is 7.20. The Morgan fingerprint density at radius 3 is 2.52 bits per heavy atom. The van der Waals surface area contributed by atoms with Gasteiger partial charge in [0.05, 0.1) is 13.2 Å². The van der Waals surface area contributed by atoms with Gasteiger partial charge in [-0.3, -0.25) is 9.89 Å². The number of morpholine rings is 1. The van der Waals surface area contributed by atoms with E-state index in [1.807, 2.05) is 7.05 Å². The van der Waals surface area contributed by atoms with E-state index in [4.69, 9.17) is 4.74 Å². The number of nitrogens with one attached hydrogen (secondary N) is 2. The molecule has 25 heavy (non-hydrogen) atoms. The van der Waals surface area contributed by atoms with E-state index in [0.29, 0.717) is 12.0 Å². The van der Waals surface area contributed by atoms with E-state index in [9.17, 15) is 0 Å². The van der Waals surface area contributed by atoms with Crippen molar-refractivity contribution in [3.8, 4) is 0 Å². The van der Waals surface area contributed by atoms with Crippen molar-refractivity contribution >= 4 is 5.96 Å². The molecule has 1 heterocycles. The van der Waals surface area contributed by atoms with Gasteiger partial charge in [-0.15, -0.1) is 0 Å². The molecule has 5 heteroatoms. The predicted octanol–water partition coefficient (Wildman–Crippen LogP) is 2.33. The summed E-state index contributed by atoms with van der Waals surface area (Å²) in [7, 11) is 1.83. The SMILES string of the molecule is CN=C(NCc1ccc(C)cc1C)NCC(C(C)C)N1CCOCC1. The van der Waals surface area contributed by atoms with Gasteiger partial charge in [-0.2, -0.15) is 0 Å². The number of hydrogen-bond donors (Lipinski definition) is 2. The number of ether oxygens (including phenoxy) is 1. The molecule has 0 aliphatic carbocycles. The van der Waals surface area contributed by atoms with Crippen LogP contribution in [-0.4, -0.2) is 56.8 Å². The number of rotatable bonds is 6. The summed E-state index contributed by atoms with van der Waals surface area (Å²) in [6, 6.07) is 7.06. The van der Waals surface area contributed by atoms with Crippen LogP contribution in [0.15, 0.2) is 23.2 Å². The zero-order valence-electron chi connectivity index (χ0n) is 16.4. The Balaban J connectivity index is 1.87. The van der Waals surface area contributed by atoms with Crippen molar-refractivity contribution in [2.24, 2.45) is 10.9 Å². The van der Waals surface area contributed by atoms with Crippen LogP contribution in [0.4, 0.5) is 0 Å². The monoisotopic (exact) mass is 346 g/mol. The average Bonchev–Trinajstić information content (AvgIpc) is 2.59. The maximum absolute atomic E-state index is 5.49. The van der Waals surface area contributed by atoms with E-state index in [1.54, 1.807) is 0 Å². The molecule has 2 N–H and O–H groups in total. The third-order valence-corrected chi connectivity index (χ3v) is 4.93. The van der Waals surface area contributed by atoms with Gasteiger partial charge in [-0.1, -0.05) is 37.6 Å². The minimum Gasteiger partial charge on any atom is -0.379 e. The van der Waals surface area contributed by atoms with E-state index in [0.717, 1.165) is 45.4 Å². The van der Waals surface area contributed by atoms with Gasteiger partial charge in [0.1, 0.15) is 0 Å². The number of hydrogen-bond acceptors (Lipinski definition) is 3. The molecule has 0 bridgehead atoms. The lowest BCUT2D eigenvalue weighted by Gasteiger charge is -2.37. The van der Waals surface area contributed by atoms with Gasteiger partial charge in [0.15, 0.2) is 5.96 Å². The van der Waals surface area contributed by atoms with E-state index in [-0.39, 0.29) is 0 Å². The fourth-order valence-corrected chi connectivity index (χ4v) is 3.34. The molecule has 1 aromatic carbocycles. The molecule has 1 atom stereocenters. The summed E-state index contributed by atoms with van der Waals surface area (Å²) in [4.78, 5) is 6.90. The lowest BCUT2D eigenvalue weighted by molar-refractivity contribution is 0.00752. The quantitative estimate of drug-likeness (QED) is 0.613. The fraction of sp³-hybridized carbons (Fsp3) is 0.650. The van der Waals surface area contributed by atoms with Gasteiger partial charge in [-0.25, -0.2) is 0 Å². The van der Waals surface area contributed by atoms with Gasteiger partial charge in [0, 0.05) is 39.3 Å². The molecular weight excluding hydrogens is 312 g/mol. The molecule has 1 saturated heterocycles. The third-order valence-electron chi connectivity index (χ3n) is 4.93. The summed E-state index contributed by atoms with van der Waals surface area (Å²) in [5.41, 5.74) is 3.92. The summed E-state index contributed by atoms with van der Waals surface area (Å²) in [6.07, 6.45) is 0. The summed E-state index contributed by atoms with van der Waals surface area (Å²) >= 11 is 0. The summed E-state index contributed by atoms with van der Waals surface area (Å²) < 4.78 is 5.49. The van der Waals surface area contributed by atoms with Gasteiger partial charge in [0.2, 0.25) is 0 Å². The molecule has 0 saturated carbocycles. The van der Waals surface area contributed by atoms with Crippen LogP contribution in [0.3, 0.4) is 0 Å². The van der Waals surface area contributed by atoms with Crippen molar-refractivity contribution in [1.82, 2.24) is 15.5 Å². The van der Waals surface area contributed by atoms with Crippen LogP contribution < -0.4 is 10.6 Å². The zero-order chi connectivity index (χ0) is 18.2. The van der Waals surface area contributed by atoms with Gasteiger partial charge < -0.3 is 15.4 Å². The number of aliphatic imine (C=N–C) groups is 1. The molecule has 1 fully saturated rings. The molecule has 1 unspecified atom stereocenters.